The van der Waals surface area contributed by atoms with Crippen molar-refractivity contribution in [2.75, 3.05) is 0 Å². The lowest BCUT2D eigenvalue weighted by Gasteiger charge is -2.10. The standard InChI is InChI=1S/C18H17N5O2S/c1-2-5-12-10-16(24)22-18(20-12)26-11-15-21-14-7-4-3-6-13(14)17(25)23(15)9-8-19/h3-4,6-7,10H,2,5,9,11H2,1H3,(H,20,22,24). The van der Waals surface area contributed by atoms with Gasteiger partial charge < -0.3 is 4.98 Å². The molecule has 0 amide bonds. The number of fused-ring (bicyclic) bond motifs is 1. The Labute approximate surface area is 153 Å². The van der Waals surface area contributed by atoms with Gasteiger partial charge in [0, 0.05) is 11.8 Å². The van der Waals surface area contributed by atoms with Crippen LogP contribution in [0.4, 0.5) is 0 Å². The molecule has 7 nitrogen and oxygen atoms in total. The van der Waals surface area contributed by atoms with Crippen molar-refractivity contribution in [3.05, 3.63) is 62.6 Å². The van der Waals surface area contributed by atoms with Gasteiger partial charge in [-0.3, -0.25) is 14.2 Å². The molecule has 1 N–H and O–H groups in total. The summed E-state index contributed by atoms with van der Waals surface area (Å²) in [7, 11) is 0. The molecule has 0 spiro atoms. The second-order valence-corrected chi connectivity index (χ2v) is 6.64. The van der Waals surface area contributed by atoms with Crippen LogP contribution in [0.5, 0.6) is 0 Å². The zero-order valence-corrected chi connectivity index (χ0v) is 15.0. The van der Waals surface area contributed by atoms with Crippen LogP contribution in [0.3, 0.4) is 0 Å². The first-order chi connectivity index (χ1) is 12.6. The highest BCUT2D eigenvalue weighted by Gasteiger charge is 2.12. The van der Waals surface area contributed by atoms with Crippen LogP contribution in [0.2, 0.25) is 0 Å². The van der Waals surface area contributed by atoms with E-state index in [9.17, 15) is 9.59 Å². The molecule has 0 saturated heterocycles. The van der Waals surface area contributed by atoms with Crippen LogP contribution < -0.4 is 11.1 Å². The van der Waals surface area contributed by atoms with Gasteiger partial charge in [-0.05, 0) is 18.6 Å². The molecule has 1 aromatic carbocycles. The molecule has 2 heterocycles. The Balaban J connectivity index is 1.96. The highest BCUT2D eigenvalue weighted by molar-refractivity contribution is 7.98. The van der Waals surface area contributed by atoms with Gasteiger partial charge in [0.1, 0.15) is 12.4 Å². The fourth-order valence-corrected chi connectivity index (χ4v) is 3.47. The van der Waals surface area contributed by atoms with Crippen LogP contribution in [0, 0.1) is 11.3 Å². The Morgan fingerprint density at radius 3 is 2.85 bits per heavy atom. The number of nitriles is 1. The Morgan fingerprint density at radius 1 is 1.27 bits per heavy atom. The first-order valence-electron chi connectivity index (χ1n) is 8.20. The van der Waals surface area contributed by atoms with E-state index >= 15 is 0 Å². The zero-order chi connectivity index (χ0) is 18.5. The van der Waals surface area contributed by atoms with Gasteiger partial charge in [-0.2, -0.15) is 5.26 Å². The minimum absolute atomic E-state index is 0.0770. The SMILES string of the molecule is CCCc1cc(=O)[nH]c(SCc2nc3ccccc3c(=O)n2CC#N)n1. The van der Waals surface area contributed by atoms with Gasteiger partial charge in [0.05, 0.1) is 22.7 Å². The monoisotopic (exact) mass is 367 g/mol. The van der Waals surface area contributed by atoms with Gasteiger partial charge in [0.25, 0.3) is 11.1 Å². The fourth-order valence-electron chi connectivity index (χ4n) is 2.63. The molecule has 3 rings (SSSR count). The number of aromatic amines is 1. The van der Waals surface area contributed by atoms with E-state index in [4.69, 9.17) is 5.26 Å². The quantitative estimate of drug-likeness (QED) is 0.529. The maximum Gasteiger partial charge on any atom is 0.262 e. The largest absolute Gasteiger partial charge is 0.301 e. The summed E-state index contributed by atoms with van der Waals surface area (Å²) in [5.74, 6) is 0.795. The van der Waals surface area contributed by atoms with Crippen LogP contribution in [0.15, 0.2) is 45.1 Å². The van der Waals surface area contributed by atoms with E-state index in [0.717, 1.165) is 18.5 Å². The van der Waals surface area contributed by atoms with Crippen LogP contribution in [-0.4, -0.2) is 19.5 Å². The summed E-state index contributed by atoms with van der Waals surface area (Å²) >= 11 is 1.29. The Morgan fingerprint density at radius 2 is 2.08 bits per heavy atom. The van der Waals surface area contributed by atoms with Crippen molar-refractivity contribution in [1.82, 2.24) is 19.5 Å². The minimum atomic E-state index is -0.242. The fraction of sp³-hybridized carbons (Fsp3) is 0.278. The molecular weight excluding hydrogens is 350 g/mol. The second-order valence-electron chi connectivity index (χ2n) is 5.68. The topological polar surface area (TPSA) is 104 Å². The molecule has 0 aliphatic heterocycles. The van der Waals surface area contributed by atoms with Gasteiger partial charge in [0.15, 0.2) is 5.16 Å². The third-order valence-corrected chi connectivity index (χ3v) is 4.66. The smallest absolute Gasteiger partial charge is 0.262 e. The van der Waals surface area contributed by atoms with Crippen LogP contribution in [0.25, 0.3) is 10.9 Å². The molecule has 0 saturated carbocycles. The number of benzene rings is 1. The number of aryl methyl sites for hydroxylation is 1. The van der Waals surface area contributed by atoms with Crippen molar-refractivity contribution < 1.29 is 0 Å². The lowest BCUT2D eigenvalue weighted by Crippen LogP contribution is -2.24. The van der Waals surface area contributed by atoms with Crippen molar-refractivity contribution in [3.8, 4) is 6.07 Å². The lowest BCUT2D eigenvalue weighted by atomic mass is 10.2. The number of nitrogens with one attached hydrogen (secondary N) is 1. The van der Waals surface area contributed by atoms with Gasteiger partial charge in [-0.25, -0.2) is 9.97 Å². The molecule has 0 atom stereocenters. The van der Waals surface area contributed by atoms with Crippen LogP contribution in [-0.2, 0) is 18.7 Å². The number of nitrogens with zero attached hydrogens (tertiary/aromatic N) is 4. The molecule has 26 heavy (non-hydrogen) atoms. The van der Waals surface area contributed by atoms with E-state index in [1.807, 2.05) is 19.1 Å². The maximum absolute atomic E-state index is 12.6. The molecule has 0 unspecified atom stereocenters. The molecule has 0 aliphatic carbocycles. The van der Waals surface area contributed by atoms with Crippen molar-refractivity contribution in [2.24, 2.45) is 0 Å². The van der Waals surface area contributed by atoms with E-state index in [1.54, 1.807) is 18.2 Å². The van der Waals surface area contributed by atoms with Crippen molar-refractivity contribution in [1.29, 1.82) is 5.26 Å². The molecule has 2 aromatic heterocycles. The number of thioether (sulfide) groups is 1. The Kier molecular flexibility index (Phi) is 5.49. The van der Waals surface area contributed by atoms with Crippen molar-refractivity contribution >= 4 is 22.7 Å². The second kappa shape index (κ2) is 7.97. The summed E-state index contributed by atoms with van der Waals surface area (Å²) in [6.07, 6.45) is 1.62. The van der Waals surface area contributed by atoms with E-state index in [1.165, 1.54) is 22.4 Å². The van der Waals surface area contributed by atoms with E-state index < -0.39 is 0 Å². The number of hydrogen-bond acceptors (Lipinski definition) is 6. The average molecular weight is 367 g/mol. The summed E-state index contributed by atoms with van der Waals surface area (Å²) in [6, 6.07) is 10.5. The highest BCUT2D eigenvalue weighted by atomic mass is 32.2. The first-order valence-corrected chi connectivity index (χ1v) is 9.19. The number of rotatable bonds is 6. The van der Waals surface area contributed by atoms with E-state index in [2.05, 4.69) is 15.0 Å². The maximum atomic E-state index is 12.6. The van der Waals surface area contributed by atoms with E-state index in [0.29, 0.717) is 27.6 Å². The molecule has 0 bridgehead atoms. The number of para-hydroxylation sites is 1. The number of H-pyrrole nitrogens is 1. The van der Waals surface area contributed by atoms with Crippen molar-refractivity contribution in [2.45, 2.75) is 37.2 Å². The first kappa shape index (κ1) is 17.9. The number of hydrogen-bond donors (Lipinski definition) is 1. The number of aromatic nitrogens is 4. The third-order valence-electron chi connectivity index (χ3n) is 3.79. The Bertz CT molecular complexity index is 1100. The minimum Gasteiger partial charge on any atom is -0.301 e. The molecule has 0 radical (unpaired) electrons. The van der Waals surface area contributed by atoms with Crippen LogP contribution >= 0.6 is 11.8 Å². The van der Waals surface area contributed by atoms with Gasteiger partial charge in [-0.15, -0.1) is 0 Å². The summed E-state index contributed by atoms with van der Waals surface area (Å²) < 4.78 is 1.36. The predicted octanol–water partition coefficient (Wildman–Crippen LogP) is 2.25. The van der Waals surface area contributed by atoms with Gasteiger partial charge in [0.2, 0.25) is 0 Å². The average Bonchev–Trinajstić information content (AvgIpc) is 2.62. The molecule has 0 aliphatic rings. The lowest BCUT2D eigenvalue weighted by molar-refractivity contribution is 0.729. The molecule has 8 heteroatoms. The normalized spacial score (nSPS) is 10.8. The zero-order valence-electron chi connectivity index (χ0n) is 14.2. The molecule has 132 valence electrons. The van der Waals surface area contributed by atoms with E-state index in [-0.39, 0.29) is 17.7 Å². The van der Waals surface area contributed by atoms with Gasteiger partial charge in [-0.1, -0.05) is 37.2 Å². The molecule has 3 aromatic rings. The summed E-state index contributed by atoms with van der Waals surface area (Å²) in [4.78, 5) is 36.0. The predicted molar refractivity (Wildman–Crippen MR) is 100 cm³/mol. The highest BCUT2D eigenvalue weighted by Crippen LogP contribution is 2.18. The molecular formula is C18H17N5O2S. The summed E-state index contributed by atoms with van der Waals surface area (Å²) in [5.41, 5.74) is 0.879. The Hall–Kier alpha value is -2.92. The molecule has 0 fully saturated rings. The summed E-state index contributed by atoms with van der Waals surface area (Å²) in [5, 5.41) is 10.0. The third kappa shape index (κ3) is 3.83. The van der Waals surface area contributed by atoms with Gasteiger partial charge >= 0.3 is 0 Å². The van der Waals surface area contributed by atoms with Crippen LogP contribution in [0.1, 0.15) is 24.9 Å². The van der Waals surface area contributed by atoms with Crippen molar-refractivity contribution in [3.63, 3.8) is 0 Å². The summed E-state index contributed by atoms with van der Waals surface area (Å²) in [6.45, 7) is 1.95.